The van der Waals surface area contributed by atoms with Crippen molar-refractivity contribution in [3.05, 3.63) is 50.7 Å². The lowest BCUT2D eigenvalue weighted by Gasteiger charge is -2.09. The third-order valence-electron chi connectivity index (χ3n) is 2.99. The third kappa shape index (κ3) is 4.07. The average Bonchev–Trinajstić information content (AvgIpc) is 2.85. The Morgan fingerprint density at radius 3 is 2.80 bits per heavy atom. The summed E-state index contributed by atoms with van der Waals surface area (Å²) in [6.07, 6.45) is 1.10. The van der Waals surface area contributed by atoms with Crippen LogP contribution in [-0.4, -0.2) is 11.0 Å². The Morgan fingerprint density at radius 2 is 2.15 bits per heavy atom. The second-order valence-electron chi connectivity index (χ2n) is 4.56. The number of aliphatic hydroxyl groups excluding tert-OH is 1. The predicted molar refractivity (Wildman–Crippen MR) is 83.4 cm³/mol. The van der Waals surface area contributed by atoms with Crippen LogP contribution >= 0.6 is 22.9 Å². The number of nitrogens with one attached hydrogen (secondary N) is 1. The number of aryl methyl sites for hydroxylation is 2. The quantitative estimate of drug-likeness (QED) is 0.883. The molecule has 0 saturated heterocycles. The fourth-order valence-corrected chi connectivity index (χ4v) is 2.92. The molecule has 0 atom stereocenters. The normalized spacial score (nSPS) is 10.6. The summed E-state index contributed by atoms with van der Waals surface area (Å²) >= 11 is 7.35. The van der Waals surface area contributed by atoms with Gasteiger partial charge in [0, 0.05) is 17.0 Å². The van der Waals surface area contributed by atoms with Gasteiger partial charge in [-0.15, -0.1) is 11.3 Å². The van der Waals surface area contributed by atoms with Gasteiger partial charge in [0.15, 0.2) is 0 Å². The minimum atomic E-state index is -0.0345. The van der Waals surface area contributed by atoms with E-state index in [0.29, 0.717) is 12.8 Å². The van der Waals surface area contributed by atoms with E-state index in [2.05, 4.69) is 5.32 Å². The lowest BCUT2D eigenvalue weighted by molar-refractivity contribution is -0.116. The van der Waals surface area contributed by atoms with Gasteiger partial charge in [0.2, 0.25) is 5.91 Å². The molecule has 0 saturated carbocycles. The summed E-state index contributed by atoms with van der Waals surface area (Å²) in [4.78, 5) is 13.0. The van der Waals surface area contributed by atoms with E-state index in [1.807, 2.05) is 31.2 Å². The van der Waals surface area contributed by atoms with Gasteiger partial charge < -0.3 is 10.4 Å². The smallest absolute Gasteiger partial charge is 0.224 e. The molecule has 1 heterocycles. The number of rotatable bonds is 5. The van der Waals surface area contributed by atoms with Gasteiger partial charge in [-0.05, 0) is 42.7 Å². The van der Waals surface area contributed by atoms with Gasteiger partial charge >= 0.3 is 0 Å². The molecule has 1 amide bonds. The molecule has 1 aromatic heterocycles. The molecule has 106 valence electrons. The van der Waals surface area contributed by atoms with E-state index in [4.69, 9.17) is 16.7 Å². The summed E-state index contributed by atoms with van der Waals surface area (Å²) in [5.41, 5.74) is 2.52. The first-order chi connectivity index (χ1) is 9.58. The minimum Gasteiger partial charge on any atom is -0.392 e. The van der Waals surface area contributed by atoms with Gasteiger partial charge in [-0.1, -0.05) is 23.7 Å². The van der Waals surface area contributed by atoms with E-state index in [0.717, 1.165) is 26.0 Å². The topological polar surface area (TPSA) is 49.3 Å². The summed E-state index contributed by atoms with van der Waals surface area (Å²) in [6, 6.07) is 9.32. The number of carbonyl (C=O) groups excluding carboxylic acids is 1. The van der Waals surface area contributed by atoms with Crippen molar-refractivity contribution >= 4 is 34.5 Å². The lowest BCUT2D eigenvalue weighted by atomic mass is 10.1. The first kappa shape index (κ1) is 15.0. The van der Waals surface area contributed by atoms with Gasteiger partial charge in [0.1, 0.15) is 0 Å². The molecule has 0 bridgehead atoms. The fraction of sp³-hybridized carbons (Fsp3) is 0.267. The molecule has 3 nitrogen and oxygen atoms in total. The molecule has 20 heavy (non-hydrogen) atoms. The maximum atomic E-state index is 11.9. The average molecular weight is 310 g/mol. The summed E-state index contributed by atoms with van der Waals surface area (Å²) in [5, 5.41) is 12.0. The van der Waals surface area contributed by atoms with Crippen molar-refractivity contribution in [1.82, 2.24) is 0 Å². The number of benzene rings is 1. The number of hydrogen-bond acceptors (Lipinski definition) is 3. The number of amides is 1. The van der Waals surface area contributed by atoms with Crippen LogP contribution in [0.5, 0.6) is 0 Å². The molecule has 2 N–H and O–H groups in total. The van der Waals surface area contributed by atoms with Gasteiger partial charge in [0.05, 0.1) is 10.9 Å². The molecule has 0 aliphatic carbocycles. The fourth-order valence-electron chi connectivity index (χ4n) is 1.84. The second kappa shape index (κ2) is 6.88. The van der Waals surface area contributed by atoms with Crippen LogP contribution in [-0.2, 0) is 17.8 Å². The molecule has 0 spiro atoms. The molecule has 5 heteroatoms. The van der Waals surface area contributed by atoms with Crippen molar-refractivity contribution in [1.29, 1.82) is 0 Å². The Hall–Kier alpha value is -1.36. The third-order valence-corrected chi connectivity index (χ3v) is 4.28. The van der Waals surface area contributed by atoms with E-state index in [1.165, 1.54) is 11.3 Å². The summed E-state index contributed by atoms with van der Waals surface area (Å²) < 4.78 is 0.742. The molecular weight excluding hydrogens is 294 g/mol. The number of carbonyl (C=O) groups is 1. The zero-order chi connectivity index (χ0) is 14.5. The van der Waals surface area contributed by atoms with Crippen molar-refractivity contribution in [3.8, 4) is 0 Å². The lowest BCUT2D eigenvalue weighted by Crippen LogP contribution is -2.13. The standard InChI is InChI=1S/C15H16ClNO2S/c1-10-2-3-11(9-18)8-13(10)17-15(19)7-5-12-4-6-14(16)20-12/h2-4,6,8,18H,5,7,9H2,1H3,(H,17,19). The van der Waals surface area contributed by atoms with E-state index in [9.17, 15) is 4.79 Å². The van der Waals surface area contributed by atoms with Gasteiger partial charge in [-0.3, -0.25) is 4.79 Å². The zero-order valence-electron chi connectivity index (χ0n) is 11.1. The van der Waals surface area contributed by atoms with Crippen LogP contribution in [0, 0.1) is 6.92 Å². The number of anilines is 1. The van der Waals surface area contributed by atoms with Crippen molar-refractivity contribution in [3.63, 3.8) is 0 Å². The largest absolute Gasteiger partial charge is 0.392 e. The van der Waals surface area contributed by atoms with Crippen LogP contribution in [0.4, 0.5) is 5.69 Å². The van der Waals surface area contributed by atoms with Gasteiger partial charge in [-0.25, -0.2) is 0 Å². The number of halogens is 1. The molecule has 0 fully saturated rings. The molecule has 2 aromatic rings. The molecule has 1 aromatic carbocycles. The van der Waals surface area contributed by atoms with E-state index in [-0.39, 0.29) is 12.5 Å². The highest BCUT2D eigenvalue weighted by atomic mass is 35.5. The van der Waals surface area contributed by atoms with Crippen LogP contribution in [0.25, 0.3) is 0 Å². The summed E-state index contributed by atoms with van der Waals surface area (Å²) in [7, 11) is 0. The van der Waals surface area contributed by atoms with Crippen molar-refractivity contribution in [2.75, 3.05) is 5.32 Å². The number of hydrogen-bond donors (Lipinski definition) is 2. The van der Waals surface area contributed by atoms with Crippen molar-refractivity contribution < 1.29 is 9.90 Å². The molecule has 2 rings (SSSR count). The van der Waals surface area contributed by atoms with Crippen LogP contribution in [0.2, 0.25) is 4.34 Å². The Morgan fingerprint density at radius 1 is 1.35 bits per heavy atom. The predicted octanol–water partition coefficient (Wildman–Crippen LogP) is 3.77. The maximum Gasteiger partial charge on any atom is 0.224 e. The van der Waals surface area contributed by atoms with Crippen molar-refractivity contribution in [2.45, 2.75) is 26.4 Å². The number of thiophene rings is 1. The van der Waals surface area contributed by atoms with Crippen molar-refractivity contribution in [2.24, 2.45) is 0 Å². The van der Waals surface area contributed by atoms with Crippen LogP contribution < -0.4 is 5.32 Å². The first-order valence-corrected chi connectivity index (χ1v) is 7.52. The van der Waals surface area contributed by atoms with Crippen LogP contribution in [0.1, 0.15) is 22.4 Å². The van der Waals surface area contributed by atoms with Crippen LogP contribution in [0.3, 0.4) is 0 Å². The summed E-state index contributed by atoms with van der Waals surface area (Å²) in [6.45, 7) is 1.90. The molecule has 0 radical (unpaired) electrons. The zero-order valence-corrected chi connectivity index (χ0v) is 12.7. The summed E-state index contributed by atoms with van der Waals surface area (Å²) in [5.74, 6) is -0.0345. The highest BCUT2D eigenvalue weighted by molar-refractivity contribution is 7.16. The second-order valence-corrected chi connectivity index (χ2v) is 6.36. The maximum absolute atomic E-state index is 11.9. The Kier molecular flexibility index (Phi) is 5.17. The Balaban J connectivity index is 1.94. The SMILES string of the molecule is Cc1ccc(CO)cc1NC(=O)CCc1ccc(Cl)s1. The van der Waals surface area contributed by atoms with Gasteiger partial charge in [0.25, 0.3) is 0 Å². The molecule has 0 aliphatic heterocycles. The Labute approximate surface area is 127 Å². The number of aliphatic hydroxyl groups is 1. The van der Waals surface area contributed by atoms with Gasteiger partial charge in [-0.2, -0.15) is 0 Å². The molecule has 0 unspecified atom stereocenters. The Bertz CT molecular complexity index is 610. The monoisotopic (exact) mass is 309 g/mol. The van der Waals surface area contributed by atoms with E-state index < -0.39 is 0 Å². The minimum absolute atomic E-state index is 0.0309. The highest BCUT2D eigenvalue weighted by Crippen LogP contribution is 2.23. The van der Waals surface area contributed by atoms with E-state index in [1.54, 1.807) is 6.07 Å². The van der Waals surface area contributed by atoms with E-state index >= 15 is 0 Å². The highest BCUT2D eigenvalue weighted by Gasteiger charge is 2.07. The molecule has 0 aliphatic rings. The first-order valence-electron chi connectivity index (χ1n) is 6.33. The molecular formula is C15H16ClNO2S. The van der Waals surface area contributed by atoms with Crippen LogP contribution in [0.15, 0.2) is 30.3 Å².